The number of ether oxygens (including phenoxy) is 1. The maximum atomic E-state index is 12.2. The van der Waals surface area contributed by atoms with Crippen molar-refractivity contribution in [1.82, 2.24) is 9.71 Å². The molecule has 0 saturated carbocycles. The average Bonchev–Trinajstić information content (AvgIpc) is 2.89. The summed E-state index contributed by atoms with van der Waals surface area (Å²) in [6, 6.07) is 4.86. The molecular weight excluding hydrogens is 284 g/mol. The summed E-state index contributed by atoms with van der Waals surface area (Å²) in [6.45, 7) is 1.94. The quantitative estimate of drug-likeness (QED) is 0.916. The number of aromatic nitrogens is 1. The predicted octanol–water partition coefficient (Wildman–Crippen LogP) is 1.94. The molecule has 0 saturated heterocycles. The Morgan fingerprint density at radius 3 is 2.79 bits per heavy atom. The lowest BCUT2D eigenvalue weighted by Gasteiger charge is -2.09. The number of hydrogen-bond donors (Lipinski definition) is 1. The first-order valence-electron chi connectivity index (χ1n) is 5.55. The van der Waals surface area contributed by atoms with Gasteiger partial charge in [-0.15, -0.1) is 11.3 Å². The van der Waals surface area contributed by atoms with E-state index in [0.717, 1.165) is 5.01 Å². The fourth-order valence-electron chi connectivity index (χ4n) is 1.63. The third kappa shape index (κ3) is 3.31. The zero-order valence-corrected chi connectivity index (χ0v) is 12.2. The zero-order chi connectivity index (χ0) is 13.9. The molecule has 0 aliphatic rings. The first-order chi connectivity index (χ1) is 9.03. The van der Waals surface area contributed by atoms with Gasteiger partial charge >= 0.3 is 0 Å². The number of hydrogen-bond acceptors (Lipinski definition) is 5. The fraction of sp³-hybridized carbons (Fsp3) is 0.250. The van der Waals surface area contributed by atoms with Crippen molar-refractivity contribution >= 4 is 21.4 Å². The van der Waals surface area contributed by atoms with Crippen LogP contribution in [0.15, 0.2) is 34.7 Å². The summed E-state index contributed by atoms with van der Waals surface area (Å²) in [5.74, 6) is 0.636. The minimum Gasteiger partial charge on any atom is -0.497 e. The molecule has 0 amide bonds. The maximum Gasteiger partial charge on any atom is 0.241 e. The van der Waals surface area contributed by atoms with E-state index in [9.17, 15) is 8.42 Å². The topological polar surface area (TPSA) is 68.3 Å². The molecule has 2 rings (SSSR count). The molecule has 1 heterocycles. The Labute approximate surface area is 116 Å². The first kappa shape index (κ1) is 14.0. The number of benzene rings is 1. The van der Waals surface area contributed by atoms with Crippen LogP contribution in [0.4, 0.5) is 0 Å². The van der Waals surface area contributed by atoms with Crippen molar-refractivity contribution in [2.24, 2.45) is 0 Å². The van der Waals surface area contributed by atoms with Crippen LogP contribution in [0.1, 0.15) is 10.6 Å². The van der Waals surface area contributed by atoms with Gasteiger partial charge in [0, 0.05) is 11.6 Å². The highest BCUT2D eigenvalue weighted by atomic mass is 32.2. The number of aryl methyl sites for hydroxylation is 1. The summed E-state index contributed by atoms with van der Waals surface area (Å²) in [7, 11) is -1.99. The molecule has 5 nitrogen and oxygen atoms in total. The Morgan fingerprint density at radius 2 is 2.21 bits per heavy atom. The minimum absolute atomic E-state index is 0.200. The number of methoxy groups -OCH3 is 1. The molecule has 0 fully saturated rings. The molecule has 19 heavy (non-hydrogen) atoms. The van der Waals surface area contributed by atoms with Gasteiger partial charge in [0.2, 0.25) is 10.0 Å². The first-order valence-corrected chi connectivity index (χ1v) is 7.92. The van der Waals surface area contributed by atoms with Gasteiger partial charge in [-0.1, -0.05) is 0 Å². The molecule has 0 aliphatic carbocycles. The SMILES string of the molecule is COc1ccc(S(=O)(=O)NCc2nccs2)c(C)c1. The highest BCUT2D eigenvalue weighted by molar-refractivity contribution is 7.89. The van der Waals surface area contributed by atoms with E-state index in [1.807, 2.05) is 5.38 Å². The van der Waals surface area contributed by atoms with Crippen LogP contribution in [0, 0.1) is 6.92 Å². The van der Waals surface area contributed by atoms with E-state index >= 15 is 0 Å². The van der Waals surface area contributed by atoms with Crippen LogP contribution in [-0.2, 0) is 16.6 Å². The number of nitrogens with one attached hydrogen (secondary N) is 1. The molecule has 102 valence electrons. The van der Waals surface area contributed by atoms with Gasteiger partial charge < -0.3 is 4.74 Å². The zero-order valence-electron chi connectivity index (χ0n) is 10.6. The van der Waals surface area contributed by atoms with Crippen LogP contribution < -0.4 is 9.46 Å². The van der Waals surface area contributed by atoms with Gasteiger partial charge in [-0.05, 0) is 30.7 Å². The van der Waals surface area contributed by atoms with E-state index in [1.165, 1.54) is 11.3 Å². The lowest BCUT2D eigenvalue weighted by Crippen LogP contribution is -2.23. The second-order valence-corrected chi connectivity index (χ2v) is 6.60. The third-order valence-corrected chi connectivity index (χ3v) is 4.91. The molecular formula is C12H14N2O3S2. The number of rotatable bonds is 5. The molecule has 0 spiro atoms. The highest BCUT2D eigenvalue weighted by Gasteiger charge is 2.17. The third-order valence-electron chi connectivity index (χ3n) is 2.57. The van der Waals surface area contributed by atoms with Gasteiger partial charge in [-0.25, -0.2) is 18.1 Å². The summed E-state index contributed by atoms with van der Waals surface area (Å²) in [5, 5.41) is 2.54. The van der Waals surface area contributed by atoms with E-state index in [1.54, 1.807) is 38.4 Å². The smallest absolute Gasteiger partial charge is 0.241 e. The van der Waals surface area contributed by atoms with Crippen molar-refractivity contribution in [3.05, 3.63) is 40.3 Å². The minimum atomic E-state index is -3.53. The summed E-state index contributed by atoms with van der Waals surface area (Å²) in [6.07, 6.45) is 1.65. The molecule has 1 N–H and O–H groups in total. The van der Waals surface area contributed by atoms with Crippen molar-refractivity contribution in [3.8, 4) is 5.75 Å². The number of nitrogens with zero attached hydrogens (tertiary/aromatic N) is 1. The van der Waals surface area contributed by atoms with Crippen molar-refractivity contribution in [1.29, 1.82) is 0 Å². The summed E-state index contributed by atoms with van der Waals surface area (Å²) >= 11 is 1.41. The Balaban J connectivity index is 2.19. The van der Waals surface area contributed by atoms with Crippen LogP contribution >= 0.6 is 11.3 Å². The Kier molecular flexibility index (Phi) is 4.18. The molecule has 7 heteroatoms. The summed E-state index contributed by atoms with van der Waals surface area (Å²) < 4.78 is 31.9. The lowest BCUT2D eigenvalue weighted by atomic mass is 10.2. The van der Waals surface area contributed by atoms with Crippen LogP contribution in [0.2, 0.25) is 0 Å². The molecule has 1 aromatic carbocycles. The van der Waals surface area contributed by atoms with Crippen LogP contribution in [0.3, 0.4) is 0 Å². The molecule has 0 unspecified atom stereocenters. The monoisotopic (exact) mass is 298 g/mol. The van der Waals surface area contributed by atoms with Crippen LogP contribution in [0.25, 0.3) is 0 Å². The van der Waals surface area contributed by atoms with E-state index in [0.29, 0.717) is 11.3 Å². The Morgan fingerprint density at radius 1 is 1.42 bits per heavy atom. The fourth-order valence-corrected chi connectivity index (χ4v) is 3.48. The van der Waals surface area contributed by atoms with E-state index in [4.69, 9.17) is 4.74 Å². The van der Waals surface area contributed by atoms with Crippen molar-refractivity contribution < 1.29 is 13.2 Å². The van der Waals surface area contributed by atoms with Gasteiger partial charge in [-0.2, -0.15) is 0 Å². The van der Waals surface area contributed by atoms with Crippen LogP contribution in [-0.4, -0.2) is 20.5 Å². The largest absolute Gasteiger partial charge is 0.497 e. The highest BCUT2D eigenvalue weighted by Crippen LogP contribution is 2.21. The average molecular weight is 298 g/mol. The van der Waals surface area contributed by atoms with E-state index in [-0.39, 0.29) is 11.4 Å². The van der Waals surface area contributed by atoms with Gasteiger partial charge in [0.05, 0.1) is 18.6 Å². The molecule has 0 aliphatic heterocycles. The van der Waals surface area contributed by atoms with Crippen molar-refractivity contribution in [2.75, 3.05) is 7.11 Å². The van der Waals surface area contributed by atoms with E-state index < -0.39 is 10.0 Å². The second kappa shape index (κ2) is 5.68. The molecule has 2 aromatic rings. The second-order valence-electron chi connectivity index (χ2n) is 3.88. The molecule has 0 radical (unpaired) electrons. The van der Waals surface area contributed by atoms with Gasteiger partial charge in [0.15, 0.2) is 0 Å². The molecule has 0 atom stereocenters. The normalized spacial score (nSPS) is 11.5. The number of sulfonamides is 1. The summed E-state index contributed by atoms with van der Waals surface area (Å²) in [5.41, 5.74) is 0.644. The van der Waals surface area contributed by atoms with Gasteiger partial charge in [0.25, 0.3) is 0 Å². The molecule has 1 aromatic heterocycles. The van der Waals surface area contributed by atoms with Crippen LogP contribution in [0.5, 0.6) is 5.75 Å². The van der Waals surface area contributed by atoms with Crippen molar-refractivity contribution in [3.63, 3.8) is 0 Å². The molecule has 0 bridgehead atoms. The summed E-state index contributed by atoms with van der Waals surface area (Å²) in [4.78, 5) is 4.29. The van der Waals surface area contributed by atoms with Gasteiger partial charge in [-0.3, -0.25) is 0 Å². The Hall–Kier alpha value is -1.44. The number of thiazole rings is 1. The van der Waals surface area contributed by atoms with E-state index in [2.05, 4.69) is 9.71 Å². The lowest BCUT2D eigenvalue weighted by molar-refractivity contribution is 0.414. The van der Waals surface area contributed by atoms with Gasteiger partial charge in [0.1, 0.15) is 10.8 Å². The Bertz CT molecular complexity index is 652. The predicted molar refractivity (Wildman–Crippen MR) is 73.9 cm³/mol. The van der Waals surface area contributed by atoms with Crippen molar-refractivity contribution in [2.45, 2.75) is 18.4 Å². The standard InChI is InChI=1S/C12H14N2O3S2/c1-9-7-10(17-2)3-4-11(9)19(15,16)14-8-12-13-5-6-18-12/h3-7,14H,8H2,1-2H3. The maximum absolute atomic E-state index is 12.2.